The van der Waals surface area contributed by atoms with Crippen molar-refractivity contribution in [3.8, 4) is 11.5 Å². The van der Waals surface area contributed by atoms with E-state index in [-0.39, 0.29) is 0 Å². The molecule has 0 saturated heterocycles. The van der Waals surface area contributed by atoms with Crippen LogP contribution in [0.3, 0.4) is 0 Å². The van der Waals surface area contributed by atoms with Gasteiger partial charge in [0.25, 0.3) is 0 Å². The van der Waals surface area contributed by atoms with Gasteiger partial charge in [0.1, 0.15) is 0 Å². The first-order valence-corrected chi connectivity index (χ1v) is 6.84. The number of ether oxygens (including phenoxy) is 2. The van der Waals surface area contributed by atoms with Gasteiger partial charge in [-0.3, -0.25) is 9.78 Å². The van der Waals surface area contributed by atoms with Gasteiger partial charge in [0.2, 0.25) is 5.24 Å². The third-order valence-electron chi connectivity index (χ3n) is 3.22. The highest BCUT2D eigenvalue weighted by Crippen LogP contribution is 2.32. The van der Waals surface area contributed by atoms with E-state index >= 15 is 0 Å². The summed E-state index contributed by atoms with van der Waals surface area (Å²) in [5.41, 5.74) is 1.59. The number of aromatic nitrogens is 1. The highest BCUT2D eigenvalue weighted by atomic mass is 35.5. The van der Waals surface area contributed by atoms with Gasteiger partial charge in [-0.05, 0) is 41.4 Å². The molecular formula is C16H16ClNO3. The van der Waals surface area contributed by atoms with Crippen LogP contribution in [0.5, 0.6) is 11.5 Å². The van der Waals surface area contributed by atoms with Crippen molar-refractivity contribution < 1.29 is 14.3 Å². The van der Waals surface area contributed by atoms with Crippen molar-refractivity contribution in [2.75, 3.05) is 14.2 Å². The maximum absolute atomic E-state index is 11.8. The summed E-state index contributed by atoms with van der Waals surface area (Å²) < 4.78 is 10.5. The summed E-state index contributed by atoms with van der Waals surface area (Å²) >= 11 is 5.76. The second kappa shape index (κ2) is 7.09. The van der Waals surface area contributed by atoms with Crippen LogP contribution < -0.4 is 9.47 Å². The number of hydrogen-bond donors (Lipinski definition) is 0. The van der Waals surface area contributed by atoms with Crippen LogP contribution in [0, 0.1) is 0 Å². The Balaban J connectivity index is 2.32. The van der Waals surface area contributed by atoms with E-state index in [9.17, 15) is 4.79 Å². The van der Waals surface area contributed by atoms with Gasteiger partial charge in [-0.15, -0.1) is 0 Å². The predicted molar refractivity (Wildman–Crippen MR) is 81.1 cm³/mol. The number of carbonyl (C=O) groups excluding carboxylic acids is 1. The van der Waals surface area contributed by atoms with E-state index in [0.717, 1.165) is 11.3 Å². The Morgan fingerprint density at radius 1 is 1.19 bits per heavy atom. The standard InChI is InChI=1S/C16H16ClNO3/c1-20-14-7-6-11(9-15(14)21-2)13(16(17)19)10-12-5-3-4-8-18-12/h3-9,13H,10H2,1-2H3. The fourth-order valence-corrected chi connectivity index (χ4v) is 2.33. The highest BCUT2D eigenvalue weighted by Gasteiger charge is 2.21. The van der Waals surface area contributed by atoms with Crippen LogP contribution in [-0.2, 0) is 11.2 Å². The second-order valence-corrected chi connectivity index (χ2v) is 4.87. The summed E-state index contributed by atoms with van der Waals surface area (Å²) in [5.74, 6) is 0.708. The van der Waals surface area contributed by atoms with Crippen molar-refractivity contribution in [3.05, 3.63) is 53.9 Å². The number of halogens is 1. The number of benzene rings is 1. The van der Waals surface area contributed by atoms with Crippen LogP contribution in [-0.4, -0.2) is 24.4 Å². The van der Waals surface area contributed by atoms with Crippen molar-refractivity contribution >= 4 is 16.8 Å². The van der Waals surface area contributed by atoms with Crippen LogP contribution in [0.25, 0.3) is 0 Å². The fourth-order valence-electron chi connectivity index (χ4n) is 2.13. The topological polar surface area (TPSA) is 48.4 Å². The van der Waals surface area contributed by atoms with Crippen LogP contribution in [0.2, 0.25) is 0 Å². The summed E-state index contributed by atoms with van der Waals surface area (Å²) in [5, 5.41) is -0.423. The summed E-state index contributed by atoms with van der Waals surface area (Å²) in [6.07, 6.45) is 2.14. The minimum Gasteiger partial charge on any atom is -0.493 e. The van der Waals surface area contributed by atoms with Gasteiger partial charge < -0.3 is 9.47 Å². The van der Waals surface area contributed by atoms with Crippen LogP contribution in [0.1, 0.15) is 17.2 Å². The van der Waals surface area contributed by atoms with Crippen molar-refractivity contribution in [1.29, 1.82) is 0 Å². The summed E-state index contributed by atoms with van der Waals surface area (Å²) in [6, 6.07) is 10.9. The molecule has 5 heteroatoms. The average molecular weight is 306 g/mol. The molecule has 0 radical (unpaired) electrons. The average Bonchev–Trinajstić information content (AvgIpc) is 2.52. The molecule has 2 rings (SSSR count). The van der Waals surface area contributed by atoms with Gasteiger partial charge in [0.15, 0.2) is 11.5 Å². The zero-order valence-corrected chi connectivity index (χ0v) is 12.6. The first-order chi connectivity index (χ1) is 10.2. The molecule has 4 nitrogen and oxygen atoms in total. The molecule has 110 valence electrons. The van der Waals surface area contributed by atoms with E-state index in [2.05, 4.69) is 4.98 Å². The molecule has 0 fully saturated rings. The number of rotatable bonds is 6. The maximum atomic E-state index is 11.8. The molecule has 0 amide bonds. The molecule has 2 aromatic rings. The molecular weight excluding hydrogens is 290 g/mol. The molecule has 0 saturated carbocycles. The summed E-state index contributed by atoms with van der Waals surface area (Å²) in [4.78, 5) is 16.0. The van der Waals surface area contributed by atoms with Crippen molar-refractivity contribution in [3.63, 3.8) is 0 Å². The Morgan fingerprint density at radius 2 is 1.95 bits per heavy atom. The minimum atomic E-state index is -0.471. The Morgan fingerprint density at radius 3 is 2.52 bits per heavy atom. The lowest BCUT2D eigenvalue weighted by Gasteiger charge is -2.15. The van der Waals surface area contributed by atoms with Crippen LogP contribution in [0.15, 0.2) is 42.6 Å². The number of nitrogens with zero attached hydrogens (tertiary/aromatic N) is 1. The zero-order valence-electron chi connectivity index (χ0n) is 11.9. The highest BCUT2D eigenvalue weighted by molar-refractivity contribution is 6.64. The van der Waals surface area contributed by atoms with Gasteiger partial charge in [-0.2, -0.15) is 0 Å². The number of hydrogen-bond acceptors (Lipinski definition) is 4. The Bertz CT molecular complexity index is 616. The van der Waals surface area contributed by atoms with Gasteiger partial charge >= 0.3 is 0 Å². The second-order valence-electron chi connectivity index (χ2n) is 4.50. The zero-order chi connectivity index (χ0) is 15.2. The molecule has 1 heterocycles. The minimum absolute atomic E-state index is 0.423. The van der Waals surface area contributed by atoms with Crippen LogP contribution in [0.4, 0.5) is 0 Å². The van der Waals surface area contributed by atoms with Gasteiger partial charge in [0, 0.05) is 18.3 Å². The smallest absolute Gasteiger partial charge is 0.229 e. The van der Waals surface area contributed by atoms with Crippen molar-refractivity contribution in [2.24, 2.45) is 0 Å². The van der Waals surface area contributed by atoms with E-state index < -0.39 is 11.2 Å². The predicted octanol–water partition coefficient (Wildman–Crippen LogP) is 3.19. The number of carbonyl (C=O) groups is 1. The van der Waals surface area contributed by atoms with Crippen molar-refractivity contribution in [1.82, 2.24) is 4.98 Å². The molecule has 0 bridgehead atoms. The molecule has 0 aliphatic carbocycles. The third kappa shape index (κ3) is 3.73. The Kier molecular flexibility index (Phi) is 5.17. The first kappa shape index (κ1) is 15.3. The fraction of sp³-hybridized carbons (Fsp3) is 0.250. The molecule has 1 unspecified atom stereocenters. The largest absolute Gasteiger partial charge is 0.493 e. The maximum Gasteiger partial charge on any atom is 0.229 e. The van der Waals surface area contributed by atoms with E-state index in [1.54, 1.807) is 32.5 Å². The third-order valence-corrected chi connectivity index (χ3v) is 3.49. The Labute approximate surface area is 128 Å². The van der Waals surface area contributed by atoms with Gasteiger partial charge in [0.05, 0.1) is 20.1 Å². The summed E-state index contributed by atoms with van der Waals surface area (Å²) in [6.45, 7) is 0. The molecule has 0 N–H and O–H groups in total. The quantitative estimate of drug-likeness (QED) is 0.769. The molecule has 1 aromatic carbocycles. The van der Waals surface area contributed by atoms with Gasteiger partial charge in [-0.25, -0.2) is 0 Å². The van der Waals surface area contributed by atoms with Crippen LogP contribution >= 0.6 is 11.6 Å². The molecule has 0 spiro atoms. The molecule has 1 atom stereocenters. The van der Waals surface area contributed by atoms with E-state index in [1.807, 2.05) is 24.3 Å². The normalized spacial score (nSPS) is 11.8. The monoisotopic (exact) mass is 305 g/mol. The molecule has 21 heavy (non-hydrogen) atoms. The summed E-state index contributed by atoms with van der Waals surface area (Å²) in [7, 11) is 3.12. The SMILES string of the molecule is COc1ccc(C(Cc2ccccn2)C(=O)Cl)cc1OC. The lowest BCUT2D eigenvalue weighted by Crippen LogP contribution is -2.11. The lowest BCUT2D eigenvalue weighted by atomic mass is 9.95. The molecule has 0 aliphatic heterocycles. The van der Waals surface area contributed by atoms with E-state index in [4.69, 9.17) is 21.1 Å². The van der Waals surface area contributed by atoms with Gasteiger partial charge in [-0.1, -0.05) is 12.1 Å². The number of pyridine rings is 1. The van der Waals surface area contributed by atoms with E-state index in [1.165, 1.54) is 0 Å². The Hall–Kier alpha value is -2.07. The number of methoxy groups -OCH3 is 2. The lowest BCUT2D eigenvalue weighted by molar-refractivity contribution is -0.113. The molecule has 0 aliphatic rings. The van der Waals surface area contributed by atoms with Crippen molar-refractivity contribution in [2.45, 2.75) is 12.3 Å². The first-order valence-electron chi connectivity index (χ1n) is 6.47. The van der Waals surface area contributed by atoms with E-state index in [0.29, 0.717) is 17.9 Å². The molecule has 1 aromatic heterocycles.